The van der Waals surface area contributed by atoms with Crippen molar-refractivity contribution in [1.29, 1.82) is 0 Å². The molecule has 6 unspecified atom stereocenters. The fourth-order valence-electron chi connectivity index (χ4n) is 6.58. The van der Waals surface area contributed by atoms with E-state index in [9.17, 15) is 0 Å². The zero-order valence-corrected chi connectivity index (χ0v) is 10.9. The van der Waals surface area contributed by atoms with Crippen molar-refractivity contribution in [3.8, 4) is 0 Å². The third-order valence-corrected chi connectivity index (χ3v) is 7.26. The molecular formula is C16H26. The summed E-state index contributed by atoms with van der Waals surface area (Å²) in [6.45, 7) is 5.18. The van der Waals surface area contributed by atoms with E-state index in [1.54, 1.807) is 38.5 Å². The lowest BCUT2D eigenvalue weighted by Gasteiger charge is -2.40. The van der Waals surface area contributed by atoms with Gasteiger partial charge in [-0.3, -0.25) is 0 Å². The minimum absolute atomic E-state index is 1.07. The highest BCUT2D eigenvalue weighted by atomic mass is 14.6. The molecule has 16 heavy (non-hydrogen) atoms. The molecule has 0 nitrogen and oxygen atoms in total. The van der Waals surface area contributed by atoms with Crippen molar-refractivity contribution < 1.29 is 0 Å². The van der Waals surface area contributed by atoms with Gasteiger partial charge in [0, 0.05) is 0 Å². The minimum atomic E-state index is 1.07. The molecule has 0 saturated heterocycles. The van der Waals surface area contributed by atoms with Gasteiger partial charge in [0.15, 0.2) is 0 Å². The number of fused-ring (bicyclic) bond motifs is 4. The first kappa shape index (κ1) is 9.97. The van der Waals surface area contributed by atoms with Crippen molar-refractivity contribution in [2.24, 2.45) is 47.3 Å². The van der Waals surface area contributed by atoms with E-state index in [0.717, 1.165) is 47.3 Å². The Balaban J connectivity index is 1.62. The molecule has 0 aromatic heterocycles. The highest BCUT2D eigenvalue weighted by molar-refractivity contribution is 5.04. The topological polar surface area (TPSA) is 0 Å². The van der Waals surface area contributed by atoms with E-state index in [4.69, 9.17) is 0 Å². The van der Waals surface area contributed by atoms with Crippen LogP contribution in [0, 0.1) is 47.3 Å². The Kier molecular flexibility index (Phi) is 2.04. The van der Waals surface area contributed by atoms with Gasteiger partial charge < -0.3 is 0 Å². The van der Waals surface area contributed by atoms with Crippen LogP contribution in [0.2, 0.25) is 0 Å². The molecule has 0 N–H and O–H groups in total. The summed E-state index contributed by atoms with van der Waals surface area (Å²) in [7, 11) is 0. The monoisotopic (exact) mass is 218 g/mol. The third-order valence-electron chi connectivity index (χ3n) is 7.26. The summed E-state index contributed by atoms with van der Waals surface area (Å²) < 4.78 is 0. The number of hydrogen-bond donors (Lipinski definition) is 0. The highest BCUT2D eigenvalue weighted by Gasteiger charge is 2.55. The van der Waals surface area contributed by atoms with Crippen LogP contribution in [0.25, 0.3) is 0 Å². The van der Waals surface area contributed by atoms with Gasteiger partial charge in [0.1, 0.15) is 0 Å². The Bertz CT molecular complexity index is 260. The van der Waals surface area contributed by atoms with Gasteiger partial charge in [-0.05, 0) is 85.9 Å². The van der Waals surface area contributed by atoms with Gasteiger partial charge in [0.05, 0.1) is 0 Å². The van der Waals surface area contributed by atoms with Crippen LogP contribution in [0.3, 0.4) is 0 Å². The van der Waals surface area contributed by atoms with Crippen LogP contribution >= 0.6 is 0 Å². The zero-order valence-electron chi connectivity index (χ0n) is 10.9. The maximum atomic E-state index is 2.59. The van der Waals surface area contributed by atoms with Crippen molar-refractivity contribution in [1.82, 2.24) is 0 Å². The van der Waals surface area contributed by atoms with E-state index in [-0.39, 0.29) is 0 Å². The van der Waals surface area contributed by atoms with Crippen molar-refractivity contribution in [3.05, 3.63) is 0 Å². The Hall–Kier alpha value is 0. The van der Waals surface area contributed by atoms with E-state index >= 15 is 0 Å². The molecule has 4 saturated carbocycles. The fraction of sp³-hybridized carbons (Fsp3) is 1.00. The molecule has 0 amide bonds. The first-order valence-corrected chi connectivity index (χ1v) is 7.75. The van der Waals surface area contributed by atoms with Crippen LogP contribution < -0.4 is 0 Å². The van der Waals surface area contributed by atoms with Gasteiger partial charge in [-0.2, -0.15) is 0 Å². The van der Waals surface area contributed by atoms with Crippen molar-refractivity contribution in [3.63, 3.8) is 0 Å². The Labute approximate surface area is 100 Å². The molecule has 0 radical (unpaired) electrons. The molecule has 4 fully saturated rings. The Morgan fingerprint density at radius 1 is 0.562 bits per heavy atom. The molecule has 0 aromatic rings. The summed E-state index contributed by atoms with van der Waals surface area (Å²) in [6, 6.07) is 0. The summed E-state index contributed by atoms with van der Waals surface area (Å²) in [4.78, 5) is 0. The molecule has 0 aliphatic heterocycles. The van der Waals surface area contributed by atoms with Crippen molar-refractivity contribution in [2.45, 2.75) is 52.4 Å². The molecule has 0 aromatic carbocycles. The summed E-state index contributed by atoms with van der Waals surface area (Å²) in [5.41, 5.74) is 0. The average molecular weight is 218 g/mol. The second kappa shape index (κ2) is 3.27. The normalized spacial score (nSPS) is 63.4. The Morgan fingerprint density at radius 3 is 1.25 bits per heavy atom. The summed E-state index contributed by atoms with van der Waals surface area (Å²) >= 11 is 0. The molecule has 0 heterocycles. The fourth-order valence-corrected chi connectivity index (χ4v) is 6.58. The third kappa shape index (κ3) is 1.12. The maximum Gasteiger partial charge on any atom is -0.0324 e. The van der Waals surface area contributed by atoms with Crippen LogP contribution in [0.4, 0.5) is 0 Å². The molecular weight excluding hydrogens is 192 g/mol. The van der Waals surface area contributed by atoms with E-state index in [1.165, 1.54) is 0 Å². The number of hydrogen-bond acceptors (Lipinski definition) is 0. The number of rotatable bonds is 1. The Morgan fingerprint density at radius 2 is 0.938 bits per heavy atom. The SMILES string of the molecule is CC1C2CCC(C2)C1C1C(C)[C@H]2CC[C@@H]1C2. The smallest absolute Gasteiger partial charge is 0.0324 e. The van der Waals surface area contributed by atoms with Gasteiger partial charge in [-0.15, -0.1) is 0 Å². The van der Waals surface area contributed by atoms with Crippen LogP contribution in [-0.4, -0.2) is 0 Å². The van der Waals surface area contributed by atoms with Gasteiger partial charge in [0.2, 0.25) is 0 Å². The van der Waals surface area contributed by atoms with Crippen molar-refractivity contribution >= 4 is 0 Å². The first-order chi connectivity index (χ1) is 7.75. The lowest BCUT2D eigenvalue weighted by atomic mass is 9.64. The van der Waals surface area contributed by atoms with E-state index in [0.29, 0.717) is 0 Å². The van der Waals surface area contributed by atoms with E-state index < -0.39 is 0 Å². The first-order valence-electron chi connectivity index (χ1n) is 7.75. The molecule has 8 atom stereocenters. The summed E-state index contributed by atoms with van der Waals surface area (Å²) in [5.74, 6) is 8.98. The lowest BCUT2D eigenvalue weighted by molar-refractivity contribution is 0.0776. The summed E-state index contributed by atoms with van der Waals surface area (Å²) in [5, 5.41) is 0. The highest BCUT2D eigenvalue weighted by Crippen LogP contribution is 2.63. The van der Waals surface area contributed by atoms with Crippen LogP contribution in [0.15, 0.2) is 0 Å². The molecule has 0 heteroatoms. The van der Waals surface area contributed by atoms with Gasteiger partial charge in [-0.25, -0.2) is 0 Å². The standard InChI is InChI=1S/C16H26/c1-9-11-3-5-13(7-11)15(9)16-10(2)12-4-6-14(16)8-12/h9-16H,3-8H2,1-2H3/t9?,10?,11-,12?,13+,14?,15?,16?/m0/s1. The van der Waals surface area contributed by atoms with Crippen LogP contribution in [0.1, 0.15) is 52.4 Å². The largest absolute Gasteiger partial charge is 0.0620 e. The van der Waals surface area contributed by atoms with Gasteiger partial charge >= 0.3 is 0 Å². The summed E-state index contributed by atoms with van der Waals surface area (Å²) in [6.07, 6.45) is 9.51. The van der Waals surface area contributed by atoms with Crippen molar-refractivity contribution in [2.75, 3.05) is 0 Å². The van der Waals surface area contributed by atoms with Gasteiger partial charge in [0.25, 0.3) is 0 Å². The minimum Gasteiger partial charge on any atom is -0.0620 e. The lowest BCUT2D eigenvalue weighted by Crippen LogP contribution is -2.34. The van der Waals surface area contributed by atoms with Crippen LogP contribution in [0.5, 0.6) is 0 Å². The molecule has 90 valence electrons. The predicted molar refractivity (Wildman–Crippen MR) is 67.0 cm³/mol. The quantitative estimate of drug-likeness (QED) is 0.614. The molecule has 4 aliphatic carbocycles. The van der Waals surface area contributed by atoms with Gasteiger partial charge in [-0.1, -0.05) is 13.8 Å². The van der Waals surface area contributed by atoms with Crippen LogP contribution in [-0.2, 0) is 0 Å². The molecule has 4 aliphatic rings. The molecule has 4 bridgehead atoms. The predicted octanol–water partition coefficient (Wildman–Crippen LogP) is 4.35. The van der Waals surface area contributed by atoms with E-state index in [2.05, 4.69) is 13.8 Å². The maximum absolute atomic E-state index is 2.59. The average Bonchev–Trinajstić information content (AvgIpc) is 2.98. The zero-order chi connectivity index (χ0) is 10.9. The second-order valence-corrected chi connectivity index (χ2v) is 7.54. The van der Waals surface area contributed by atoms with E-state index in [1.807, 2.05) is 0 Å². The molecule has 0 spiro atoms. The second-order valence-electron chi connectivity index (χ2n) is 7.54. The molecule has 4 rings (SSSR count).